The van der Waals surface area contributed by atoms with Crippen LogP contribution in [0.25, 0.3) is 0 Å². The Morgan fingerprint density at radius 1 is 1.30 bits per heavy atom. The van der Waals surface area contributed by atoms with Crippen LogP contribution in [0, 0.1) is 39.2 Å². The second kappa shape index (κ2) is 7.58. The van der Waals surface area contributed by atoms with Crippen molar-refractivity contribution < 1.29 is 4.84 Å². The molecule has 6 atom stereocenters. The zero-order chi connectivity index (χ0) is 19.9. The molecule has 27 heavy (non-hydrogen) atoms. The number of allylic oxidation sites excluding steroid dienone is 1. The molecule has 3 saturated carbocycles. The molecular formula is C22H38N3O2-. The van der Waals surface area contributed by atoms with Crippen LogP contribution in [0.2, 0.25) is 0 Å². The average Bonchev–Trinajstić information content (AvgIpc) is 2.87. The molecule has 3 rings (SSSR count). The van der Waals surface area contributed by atoms with Gasteiger partial charge in [0, 0.05) is 11.3 Å². The van der Waals surface area contributed by atoms with Gasteiger partial charge >= 0.3 is 0 Å². The van der Waals surface area contributed by atoms with E-state index in [2.05, 4.69) is 27.4 Å². The number of hydrogen-bond acceptors (Lipinski definition) is 5. The van der Waals surface area contributed by atoms with Gasteiger partial charge in [0.15, 0.2) is 0 Å². The maximum atomic E-state index is 10.6. The van der Waals surface area contributed by atoms with Gasteiger partial charge < -0.3 is 21.2 Å². The number of fused-ring (bicyclic) bond motifs is 1. The van der Waals surface area contributed by atoms with E-state index < -0.39 is 0 Å². The Morgan fingerprint density at radius 3 is 2.70 bits per heavy atom. The summed E-state index contributed by atoms with van der Waals surface area (Å²) in [7, 11) is 0. The number of nitrogens with two attached hydrogens (primary N) is 1. The lowest BCUT2D eigenvalue weighted by Crippen LogP contribution is -2.53. The minimum Gasteiger partial charge on any atom is -0.765 e. The van der Waals surface area contributed by atoms with Crippen LogP contribution in [0.1, 0.15) is 78.6 Å². The fraction of sp³-hybridized carbons (Fsp3) is 0.864. The van der Waals surface area contributed by atoms with Crippen LogP contribution in [-0.2, 0) is 4.84 Å². The normalized spacial score (nSPS) is 45.1. The minimum atomic E-state index is -0.124. The molecule has 0 heterocycles. The smallest absolute Gasteiger partial charge is 0.0678 e. The summed E-state index contributed by atoms with van der Waals surface area (Å²) in [5.41, 5.74) is 10.6. The highest BCUT2D eigenvalue weighted by atomic mass is 16.8. The molecule has 5 heteroatoms. The van der Waals surface area contributed by atoms with Gasteiger partial charge in [-0.25, -0.2) is 0 Å². The molecule has 3 aliphatic carbocycles. The third kappa shape index (κ3) is 3.31. The Bertz CT molecular complexity index is 590. The third-order valence-corrected chi connectivity index (χ3v) is 9.09. The highest BCUT2D eigenvalue weighted by Gasteiger charge is 2.57. The van der Waals surface area contributed by atoms with Crippen molar-refractivity contribution in [2.45, 2.75) is 84.1 Å². The second-order valence-corrected chi connectivity index (χ2v) is 9.89. The molecule has 4 N–H and O–H groups in total. The Kier molecular flexibility index (Phi) is 5.89. The molecule has 154 valence electrons. The van der Waals surface area contributed by atoms with Crippen LogP contribution < -0.4 is 11.4 Å². The molecule has 6 unspecified atom stereocenters. The van der Waals surface area contributed by atoms with Crippen LogP contribution in [0.15, 0.2) is 12.2 Å². The van der Waals surface area contributed by atoms with Crippen molar-refractivity contribution in [3.63, 3.8) is 0 Å². The van der Waals surface area contributed by atoms with E-state index in [-0.39, 0.29) is 16.4 Å². The molecule has 0 aromatic heterocycles. The molecule has 0 bridgehead atoms. The van der Waals surface area contributed by atoms with Gasteiger partial charge in [0.1, 0.15) is 0 Å². The van der Waals surface area contributed by atoms with Crippen molar-refractivity contribution in [2.75, 3.05) is 6.61 Å². The fourth-order valence-corrected chi connectivity index (χ4v) is 6.90. The van der Waals surface area contributed by atoms with Gasteiger partial charge in [-0.15, -0.1) is 0 Å². The van der Waals surface area contributed by atoms with Crippen molar-refractivity contribution in [2.24, 2.45) is 34.3 Å². The van der Waals surface area contributed by atoms with E-state index in [9.17, 15) is 5.21 Å². The molecule has 3 fully saturated rings. The average molecular weight is 377 g/mol. The first-order valence-corrected chi connectivity index (χ1v) is 10.7. The van der Waals surface area contributed by atoms with Crippen molar-refractivity contribution in [1.82, 2.24) is 5.64 Å². The monoisotopic (exact) mass is 376 g/mol. The standard InChI is InChI=1S/C22H38N3O2/c1-5-20(3)19(9-10-21(20,4)24)18-7-6-16-14-17(23)8-11-22(16,15(18)2)12-13-27-25-26/h16,18-19,23,25H,2,5-14,24H2,1,3-4H3/q-1. The molecule has 5 nitrogen and oxygen atoms in total. The van der Waals surface area contributed by atoms with E-state index >= 15 is 0 Å². The summed E-state index contributed by atoms with van der Waals surface area (Å²) < 4.78 is 0. The first-order chi connectivity index (χ1) is 12.7. The molecule has 0 aromatic carbocycles. The topological polar surface area (TPSA) is 94.2 Å². The first kappa shape index (κ1) is 21.0. The lowest BCUT2D eigenvalue weighted by Gasteiger charge is -2.55. The molecule has 0 aliphatic heterocycles. The van der Waals surface area contributed by atoms with Crippen molar-refractivity contribution in [1.29, 1.82) is 5.41 Å². The molecular weight excluding hydrogens is 338 g/mol. The predicted octanol–water partition coefficient (Wildman–Crippen LogP) is 4.71. The van der Waals surface area contributed by atoms with Crippen LogP contribution in [0.4, 0.5) is 0 Å². The SMILES string of the molecule is C=C1C(C2CCC(C)(N)C2(C)CC)CCC2CC(=N)CCC12CCON[O-]. The van der Waals surface area contributed by atoms with Gasteiger partial charge in [-0.05, 0) is 93.3 Å². The summed E-state index contributed by atoms with van der Waals surface area (Å²) in [5, 5.41) is 18.8. The Hall–Kier alpha value is -0.750. The van der Waals surface area contributed by atoms with Crippen molar-refractivity contribution >= 4 is 5.71 Å². The number of nitrogens with one attached hydrogen (secondary N) is 2. The molecule has 0 spiro atoms. The number of hydrogen-bond donors (Lipinski definition) is 3. The van der Waals surface area contributed by atoms with Gasteiger partial charge in [-0.1, -0.05) is 26.0 Å². The Morgan fingerprint density at radius 2 is 2.04 bits per heavy atom. The molecule has 3 aliphatic rings. The minimum absolute atomic E-state index is 0.00651. The van der Waals surface area contributed by atoms with E-state index in [0.29, 0.717) is 24.4 Å². The summed E-state index contributed by atoms with van der Waals surface area (Å²) in [5.74, 6) is 1.53. The van der Waals surface area contributed by atoms with Crippen molar-refractivity contribution in [3.8, 4) is 0 Å². The highest BCUT2D eigenvalue weighted by molar-refractivity contribution is 5.82. The third-order valence-electron chi connectivity index (χ3n) is 9.09. The summed E-state index contributed by atoms with van der Waals surface area (Å²) in [6.45, 7) is 12.0. The zero-order valence-corrected chi connectivity index (χ0v) is 17.4. The second-order valence-electron chi connectivity index (χ2n) is 9.89. The summed E-state index contributed by atoms with van der Waals surface area (Å²) >= 11 is 0. The van der Waals surface area contributed by atoms with Crippen LogP contribution in [-0.4, -0.2) is 17.9 Å². The van der Waals surface area contributed by atoms with Crippen LogP contribution in [0.5, 0.6) is 0 Å². The zero-order valence-electron chi connectivity index (χ0n) is 17.4. The summed E-state index contributed by atoms with van der Waals surface area (Å²) in [6.07, 6.45) is 9.18. The maximum Gasteiger partial charge on any atom is 0.0678 e. The molecule has 0 amide bonds. The fourth-order valence-electron chi connectivity index (χ4n) is 6.90. The van der Waals surface area contributed by atoms with Gasteiger partial charge in [-0.2, -0.15) is 0 Å². The molecule has 0 radical (unpaired) electrons. The van der Waals surface area contributed by atoms with E-state index in [0.717, 1.165) is 57.1 Å². The summed E-state index contributed by atoms with van der Waals surface area (Å²) in [4.78, 5) is 4.99. The lowest BCUT2D eigenvalue weighted by molar-refractivity contribution is 0.00242. The molecule has 0 saturated heterocycles. The van der Waals surface area contributed by atoms with Crippen LogP contribution >= 0.6 is 0 Å². The molecule has 0 aromatic rings. The number of rotatable bonds is 6. The largest absolute Gasteiger partial charge is 0.765 e. The Balaban J connectivity index is 1.89. The lowest BCUT2D eigenvalue weighted by atomic mass is 9.50. The van der Waals surface area contributed by atoms with E-state index in [1.54, 1.807) is 5.64 Å². The Labute approximate surface area is 164 Å². The van der Waals surface area contributed by atoms with Gasteiger partial charge in [0.05, 0.1) is 6.61 Å². The maximum absolute atomic E-state index is 10.6. The highest BCUT2D eigenvalue weighted by Crippen LogP contribution is 2.63. The van der Waals surface area contributed by atoms with E-state index in [4.69, 9.17) is 16.0 Å². The van der Waals surface area contributed by atoms with Crippen LogP contribution in [0.3, 0.4) is 0 Å². The summed E-state index contributed by atoms with van der Waals surface area (Å²) in [6, 6.07) is 0. The first-order valence-electron chi connectivity index (χ1n) is 10.7. The van der Waals surface area contributed by atoms with Gasteiger partial charge in [0.25, 0.3) is 0 Å². The van der Waals surface area contributed by atoms with Crippen molar-refractivity contribution in [3.05, 3.63) is 17.4 Å². The van der Waals surface area contributed by atoms with E-state index in [1.165, 1.54) is 12.0 Å². The quantitative estimate of drug-likeness (QED) is 0.355. The van der Waals surface area contributed by atoms with Gasteiger partial charge in [-0.3, -0.25) is 5.64 Å². The van der Waals surface area contributed by atoms with E-state index in [1.807, 2.05) is 0 Å². The van der Waals surface area contributed by atoms with Gasteiger partial charge in [0.2, 0.25) is 0 Å². The predicted molar refractivity (Wildman–Crippen MR) is 110 cm³/mol.